The third-order valence-corrected chi connectivity index (χ3v) is 3.75. The Kier molecular flexibility index (Phi) is 3.66. The molecule has 0 aromatic heterocycles. The van der Waals surface area contributed by atoms with E-state index >= 15 is 0 Å². The van der Waals surface area contributed by atoms with Gasteiger partial charge in [-0.25, -0.2) is 0 Å². The lowest BCUT2D eigenvalue weighted by molar-refractivity contribution is -0.142. The summed E-state index contributed by atoms with van der Waals surface area (Å²) in [5, 5.41) is 8.80. The van der Waals surface area contributed by atoms with Crippen molar-refractivity contribution < 1.29 is 19.4 Å². The molecule has 0 aromatic carbocycles. The normalized spacial score (nSPS) is 29.1. The zero-order valence-corrected chi connectivity index (χ0v) is 10.1. The van der Waals surface area contributed by atoms with Gasteiger partial charge in [-0.1, -0.05) is 0 Å². The van der Waals surface area contributed by atoms with Gasteiger partial charge in [-0.3, -0.25) is 9.59 Å². The van der Waals surface area contributed by atoms with Crippen molar-refractivity contribution in [2.45, 2.75) is 19.3 Å². The van der Waals surface area contributed by atoms with Gasteiger partial charge in [-0.05, 0) is 25.2 Å². The summed E-state index contributed by atoms with van der Waals surface area (Å²) in [6.45, 7) is 2.24. The van der Waals surface area contributed by atoms with E-state index in [4.69, 9.17) is 9.84 Å². The molecule has 5 heteroatoms. The Bertz CT molecular complexity index is 310. The van der Waals surface area contributed by atoms with Gasteiger partial charge in [0.25, 0.3) is 0 Å². The van der Waals surface area contributed by atoms with Crippen LogP contribution in [0.1, 0.15) is 19.3 Å². The molecule has 0 aromatic rings. The van der Waals surface area contributed by atoms with E-state index in [9.17, 15) is 9.59 Å². The van der Waals surface area contributed by atoms with Crippen LogP contribution in [0.15, 0.2) is 0 Å². The summed E-state index contributed by atoms with van der Waals surface area (Å²) in [6, 6.07) is 0. The van der Waals surface area contributed by atoms with E-state index in [-0.39, 0.29) is 11.8 Å². The number of hydrogen-bond donors (Lipinski definition) is 1. The van der Waals surface area contributed by atoms with Gasteiger partial charge in [0, 0.05) is 26.8 Å². The van der Waals surface area contributed by atoms with E-state index in [0.717, 1.165) is 32.5 Å². The highest BCUT2D eigenvalue weighted by atomic mass is 16.5. The minimum absolute atomic E-state index is 0.0354. The number of aliphatic carboxylic acids is 1. The average molecular weight is 241 g/mol. The van der Waals surface area contributed by atoms with E-state index in [0.29, 0.717) is 12.3 Å². The molecule has 1 amide bonds. The quantitative estimate of drug-likeness (QED) is 0.782. The number of piperidine rings is 1. The molecule has 2 atom stereocenters. The van der Waals surface area contributed by atoms with Crippen molar-refractivity contribution in [2.75, 3.05) is 26.8 Å². The zero-order chi connectivity index (χ0) is 12.4. The van der Waals surface area contributed by atoms with Crippen LogP contribution >= 0.6 is 0 Å². The maximum absolute atomic E-state index is 12.0. The first-order valence-corrected chi connectivity index (χ1v) is 6.14. The zero-order valence-electron chi connectivity index (χ0n) is 10.1. The van der Waals surface area contributed by atoms with Crippen molar-refractivity contribution in [1.82, 2.24) is 4.90 Å². The highest BCUT2D eigenvalue weighted by molar-refractivity contribution is 5.89. The third-order valence-electron chi connectivity index (χ3n) is 3.75. The molecule has 0 radical (unpaired) electrons. The monoisotopic (exact) mass is 241 g/mol. The van der Waals surface area contributed by atoms with Crippen LogP contribution in [-0.4, -0.2) is 48.7 Å². The summed E-state index contributed by atoms with van der Waals surface area (Å²) in [5.41, 5.74) is 0. The van der Waals surface area contributed by atoms with E-state index in [1.54, 1.807) is 7.11 Å². The van der Waals surface area contributed by atoms with Crippen LogP contribution in [0.2, 0.25) is 0 Å². The van der Waals surface area contributed by atoms with Gasteiger partial charge in [-0.2, -0.15) is 0 Å². The number of carbonyl (C=O) groups excluding carboxylic acids is 1. The topological polar surface area (TPSA) is 66.8 Å². The summed E-state index contributed by atoms with van der Waals surface area (Å²) in [6.07, 6.45) is 2.44. The molecule has 2 aliphatic rings. The molecule has 1 saturated heterocycles. The molecule has 0 bridgehead atoms. The Labute approximate surface area is 101 Å². The number of carboxylic acid groups (broad SMARTS) is 1. The largest absolute Gasteiger partial charge is 0.481 e. The number of nitrogens with zero attached hydrogens (tertiary/aromatic N) is 1. The second-order valence-corrected chi connectivity index (χ2v) is 5.01. The predicted octanol–water partition coefficient (Wildman–Crippen LogP) is 0.592. The lowest BCUT2D eigenvalue weighted by Crippen LogP contribution is -2.40. The van der Waals surface area contributed by atoms with Gasteiger partial charge in [0.2, 0.25) is 5.91 Å². The van der Waals surface area contributed by atoms with Crippen LogP contribution in [0, 0.1) is 17.8 Å². The second-order valence-electron chi connectivity index (χ2n) is 5.01. The third kappa shape index (κ3) is 2.77. The predicted molar refractivity (Wildman–Crippen MR) is 60.4 cm³/mol. The second kappa shape index (κ2) is 5.04. The molecule has 5 nitrogen and oxygen atoms in total. The summed E-state index contributed by atoms with van der Waals surface area (Å²) in [5.74, 6) is -0.949. The van der Waals surface area contributed by atoms with Crippen LogP contribution in [0.3, 0.4) is 0 Å². The van der Waals surface area contributed by atoms with Crippen LogP contribution < -0.4 is 0 Å². The number of amides is 1. The molecule has 17 heavy (non-hydrogen) atoms. The van der Waals surface area contributed by atoms with E-state index < -0.39 is 11.9 Å². The highest BCUT2D eigenvalue weighted by Crippen LogP contribution is 2.40. The molecule has 1 aliphatic heterocycles. The maximum atomic E-state index is 12.0. The minimum atomic E-state index is -0.836. The fourth-order valence-corrected chi connectivity index (χ4v) is 2.53. The Morgan fingerprint density at radius 3 is 2.41 bits per heavy atom. The molecule has 2 rings (SSSR count). The Morgan fingerprint density at radius 2 is 1.94 bits per heavy atom. The van der Waals surface area contributed by atoms with Crippen LogP contribution in [0.25, 0.3) is 0 Å². The maximum Gasteiger partial charge on any atom is 0.307 e. The first kappa shape index (κ1) is 12.4. The number of rotatable bonds is 4. The van der Waals surface area contributed by atoms with E-state index in [1.807, 2.05) is 4.90 Å². The molecule has 1 heterocycles. The highest BCUT2D eigenvalue weighted by Gasteiger charge is 2.49. The molecule has 1 aliphatic carbocycles. The number of ether oxygens (including phenoxy) is 1. The van der Waals surface area contributed by atoms with Crippen molar-refractivity contribution in [1.29, 1.82) is 0 Å². The van der Waals surface area contributed by atoms with Crippen molar-refractivity contribution in [3.63, 3.8) is 0 Å². The van der Waals surface area contributed by atoms with Gasteiger partial charge in [-0.15, -0.1) is 0 Å². The summed E-state index contributed by atoms with van der Waals surface area (Å²) in [7, 11) is 1.69. The summed E-state index contributed by atoms with van der Waals surface area (Å²) >= 11 is 0. The van der Waals surface area contributed by atoms with Gasteiger partial charge in [0.1, 0.15) is 0 Å². The number of hydrogen-bond acceptors (Lipinski definition) is 3. The van der Waals surface area contributed by atoms with Crippen molar-refractivity contribution >= 4 is 11.9 Å². The molecule has 1 saturated carbocycles. The molecule has 0 unspecified atom stereocenters. The van der Waals surface area contributed by atoms with E-state index in [2.05, 4.69) is 0 Å². The van der Waals surface area contributed by atoms with Crippen LogP contribution in [-0.2, 0) is 14.3 Å². The van der Waals surface area contributed by atoms with Crippen molar-refractivity contribution in [2.24, 2.45) is 17.8 Å². The molecular weight excluding hydrogens is 222 g/mol. The van der Waals surface area contributed by atoms with Gasteiger partial charge in [0.05, 0.1) is 11.8 Å². The standard InChI is InChI=1S/C12H19NO4/c1-17-7-8-2-4-13(5-3-8)11(14)9-6-10(9)12(15)16/h8-10H,2-7H2,1H3,(H,15,16)/t9-,10+/m0/s1. The molecule has 96 valence electrons. The minimum Gasteiger partial charge on any atom is -0.481 e. The number of methoxy groups -OCH3 is 1. The molecule has 0 spiro atoms. The van der Waals surface area contributed by atoms with Crippen molar-refractivity contribution in [3.8, 4) is 0 Å². The lowest BCUT2D eigenvalue weighted by atomic mass is 9.97. The molecule has 2 fully saturated rings. The Balaban J connectivity index is 1.78. The van der Waals surface area contributed by atoms with Gasteiger partial charge in [0.15, 0.2) is 0 Å². The van der Waals surface area contributed by atoms with Crippen LogP contribution in [0.5, 0.6) is 0 Å². The van der Waals surface area contributed by atoms with Crippen molar-refractivity contribution in [3.05, 3.63) is 0 Å². The Morgan fingerprint density at radius 1 is 1.29 bits per heavy atom. The first-order chi connectivity index (χ1) is 8.13. The summed E-state index contributed by atoms with van der Waals surface area (Å²) in [4.78, 5) is 24.5. The molecular formula is C12H19NO4. The average Bonchev–Trinajstić information content (AvgIpc) is 3.09. The van der Waals surface area contributed by atoms with Crippen LogP contribution in [0.4, 0.5) is 0 Å². The summed E-state index contributed by atoms with van der Waals surface area (Å²) < 4.78 is 5.10. The number of carboxylic acids is 1. The van der Waals surface area contributed by atoms with E-state index in [1.165, 1.54) is 0 Å². The number of carbonyl (C=O) groups is 2. The Hall–Kier alpha value is -1.10. The van der Waals surface area contributed by atoms with Gasteiger partial charge < -0.3 is 14.7 Å². The lowest BCUT2D eigenvalue weighted by Gasteiger charge is -2.31. The smallest absolute Gasteiger partial charge is 0.307 e. The number of likely N-dealkylation sites (tertiary alicyclic amines) is 1. The van der Waals surface area contributed by atoms with Gasteiger partial charge >= 0.3 is 5.97 Å². The SMILES string of the molecule is COCC1CCN(C(=O)[C@H]2C[C@H]2C(=O)O)CC1. The fourth-order valence-electron chi connectivity index (χ4n) is 2.53. The molecule has 1 N–H and O–H groups in total. The first-order valence-electron chi connectivity index (χ1n) is 6.14. The fraction of sp³-hybridized carbons (Fsp3) is 0.833.